The molecule has 0 spiro atoms. The van der Waals surface area contributed by atoms with Gasteiger partial charge in [-0.2, -0.15) is 10.2 Å². The first-order valence-electron chi connectivity index (χ1n) is 6.55. The first kappa shape index (κ1) is 13.5. The van der Waals surface area contributed by atoms with E-state index in [4.69, 9.17) is 5.73 Å². The van der Waals surface area contributed by atoms with Crippen LogP contribution in [0.25, 0.3) is 0 Å². The number of benzene rings is 1. The maximum atomic E-state index is 5.87. The summed E-state index contributed by atoms with van der Waals surface area (Å²) < 4.78 is 0. The first-order chi connectivity index (χ1) is 8.89. The zero-order valence-corrected chi connectivity index (χ0v) is 12.1. The Labute approximate surface area is 114 Å². The predicted octanol–water partition coefficient (Wildman–Crippen LogP) is 4.34. The first-order valence-corrected chi connectivity index (χ1v) is 6.55. The normalized spacial score (nSPS) is 23.4. The molecular weight excluding hydrogens is 234 g/mol. The van der Waals surface area contributed by atoms with Crippen LogP contribution >= 0.6 is 0 Å². The molecule has 0 heterocycles. The third kappa shape index (κ3) is 3.11. The molecule has 100 valence electrons. The van der Waals surface area contributed by atoms with Crippen LogP contribution < -0.4 is 5.73 Å². The molecule has 0 bridgehead atoms. The molecule has 0 aliphatic heterocycles. The Balaban J connectivity index is 2.24. The molecule has 1 aliphatic carbocycles. The van der Waals surface area contributed by atoms with Crippen molar-refractivity contribution in [3.63, 3.8) is 0 Å². The molecule has 0 saturated carbocycles. The maximum Gasteiger partial charge on any atom is 0.101 e. The predicted molar refractivity (Wildman–Crippen MR) is 79.5 cm³/mol. The van der Waals surface area contributed by atoms with E-state index in [2.05, 4.69) is 49.2 Å². The summed E-state index contributed by atoms with van der Waals surface area (Å²) in [7, 11) is 0. The summed E-state index contributed by atoms with van der Waals surface area (Å²) in [5.41, 5.74) is 10.8. The van der Waals surface area contributed by atoms with Crippen molar-refractivity contribution >= 4 is 5.69 Å². The number of nitrogens with zero attached hydrogens (tertiary/aromatic N) is 2. The summed E-state index contributed by atoms with van der Waals surface area (Å²) in [5.74, 6) is 0. The van der Waals surface area contributed by atoms with Crippen molar-refractivity contribution in [2.75, 3.05) is 0 Å². The number of hydrogen-bond donors (Lipinski definition) is 1. The number of aryl methyl sites for hydroxylation is 2. The fourth-order valence-corrected chi connectivity index (χ4v) is 2.24. The van der Waals surface area contributed by atoms with Crippen LogP contribution in [0.1, 0.15) is 31.4 Å². The summed E-state index contributed by atoms with van der Waals surface area (Å²) in [6.07, 6.45) is 4.91. The largest absolute Gasteiger partial charge is 0.399 e. The van der Waals surface area contributed by atoms with Gasteiger partial charge < -0.3 is 5.73 Å². The van der Waals surface area contributed by atoms with E-state index in [0.29, 0.717) is 0 Å². The van der Waals surface area contributed by atoms with Crippen molar-refractivity contribution < 1.29 is 0 Å². The molecule has 1 atom stereocenters. The van der Waals surface area contributed by atoms with Crippen molar-refractivity contribution in [1.29, 1.82) is 0 Å². The molecule has 2 N–H and O–H groups in total. The lowest BCUT2D eigenvalue weighted by Crippen LogP contribution is -2.22. The van der Waals surface area contributed by atoms with E-state index in [1.807, 2.05) is 19.1 Å². The molecule has 19 heavy (non-hydrogen) atoms. The molecule has 0 fully saturated rings. The molecule has 1 aliphatic rings. The van der Waals surface area contributed by atoms with Crippen LogP contribution in [-0.2, 0) is 0 Å². The second-order valence-electron chi connectivity index (χ2n) is 5.54. The van der Waals surface area contributed by atoms with Crippen LogP contribution in [0.15, 0.2) is 51.8 Å². The molecule has 2 rings (SSSR count). The molecule has 1 unspecified atom stereocenters. The van der Waals surface area contributed by atoms with Gasteiger partial charge in [0.15, 0.2) is 0 Å². The summed E-state index contributed by atoms with van der Waals surface area (Å²) in [6.45, 7) is 8.22. The second-order valence-corrected chi connectivity index (χ2v) is 5.54. The zero-order chi connectivity index (χ0) is 14.0. The van der Waals surface area contributed by atoms with Gasteiger partial charge in [-0.25, -0.2) is 0 Å². The Bertz CT molecular complexity index is 582. The lowest BCUT2D eigenvalue weighted by molar-refractivity contribution is 0.554. The highest BCUT2D eigenvalue weighted by molar-refractivity contribution is 5.46. The number of nitrogens with two attached hydrogens (primary N) is 1. The van der Waals surface area contributed by atoms with Crippen LogP contribution in [-0.4, -0.2) is 5.54 Å². The molecule has 1 aromatic carbocycles. The van der Waals surface area contributed by atoms with Gasteiger partial charge in [0.1, 0.15) is 5.54 Å². The SMILES string of the molecule is CC1=CC(C)(N=Nc2ccc(C)cc2C)CC=C1N. The van der Waals surface area contributed by atoms with Gasteiger partial charge in [0, 0.05) is 5.70 Å². The third-order valence-electron chi connectivity index (χ3n) is 3.46. The lowest BCUT2D eigenvalue weighted by atomic mass is 9.90. The average molecular weight is 255 g/mol. The molecule has 0 amide bonds. The Morgan fingerprint density at radius 2 is 1.95 bits per heavy atom. The average Bonchev–Trinajstić information content (AvgIpc) is 2.34. The smallest absolute Gasteiger partial charge is 0.101 e. The van der Waals surface area contributed by atoms with Gasteiger partial charge in [0.05, 0.1) is 5.69 Å². The molecule has 0 saturated heterocycles. The fraction of sp³-hybridized carbons (Fsp3) is 0.375. The van der Waals surface area contributed by atoms with Crippen molar-refractivity contribution in [2.24, 2.45) is 16.0 Å². The summed E-state index contributed by atoms with van der Waals surface area (Å²) in [5, 5.41) is 8.92. The number of azo groups is 1. The summed E-state index contributed by atoms with van der Waals surface area (Å²) in [4.78, 5) is 0. The summed E-state index contributed by atoms with van der Waals surface area (Å²) in [6, 6.07) is 6.20. The molecule has 1 aromatic rings. The Hall–Kier alpha value is -1.90. The highest BCUT2D eigenvalue weighted by Gasteiger charge is 2.23. The van der Waals surface area contributed by atoms with Crippen molar-refractivity contribution in [2.45, 2.75) is 39.7 Å². The van der Waals surface area contributed by atoms with E-state index in [0.717, 1.165) is 28.9 Å². The Morgan fingerprint density at radius 3 is 2.58 bits per heavy atom. The van der Waals surface area contributed by atoms with Gasteiger partial charge >= 0.3 is 0 Å². The quantitative estimate of drug-likeness (QED) is 0.785. The number of allylic oxidation sites excluding steroid dienone is 1. The van der Waals surface area contributed by atoms with Gasteiger partial charge in [-0.1, -0.05) is 29.8 Å². The van der Waals surface area contributed by atoms with Gasteiger partial charge in [-0.3, -0.25) is 0 Å². The topological polar surface area (TPSA) is 50.7 Å². The fourth-order valence-electron chi connectivity index (χ4n) is 2.24. The summed E-state index contributed by atoms with van der Waals surface area (Å²) >= 11 is 0. The molecule has 0 radical (unpaired) electrons. The van der Waals surface area contributed by atoms with Gasteiger partial charge in [-0.05, 0) is 51.3 Å². The number of rotatable bonds is 2. The maximum absolute atomic E-state index is 5.87. The molecule has 3 nitrogen and oxygen atoms in total. The van der Waals surface area contributed by atoms with E-state index in [1.54, 1.807) is 0 Å². The van der Waals surface area contributed by atoms with Crippen molar-refractivity contribution in [3.05, 3.63) is 52.7 Å². The molecular formula is C16H21N3. The van der Waals surface area contributed by atoms with Crippen molar-refractivity contribution in [3.8, 4) is 0 Å². The third-order valence-corrected chi connectivity index (χ3v) is 3.46. The monoisotopic (exact) mass is 255 g/mol. The second kappa shape index (κ2) is 5.00. The van der Waals surface area contributed by atoms with E-state index in [1.165, 1.54) is 5.56 Å². The highest BCUT2D eigenvalue weighted by atomic mass is 15.1. The molecule has 3 heteroatoms. The minimum Gasteiger partial charge on any atom is -0.399 e. The number of hydrogen-bond acceptors (Lipinski definition) is 3. The standard InChI is InChI=1S/C16H21N3/c1-11-5-6-15(12(2)9-11)18-19-16(4)8-7-14(17)13(3)10-16/h5-7,9-10H,8,17H2,1-4H3. The minimum atomic E-state index is -0.287. The van der Waals surface area contributed by atoms with Crippen LogP contribution in [0, 0.1) is 13.8 Å². The zero-order valence-electron chi connectivity index (χ0n) is 12.1. The highest BCUT2D eigenvalue weighted by Crippen LogP contribution is 2.29. The Kier molecular flexibility index (Phi) is 3.56. The van der Waals surface area contributed by atoms with Gasteiger partial charge in [0.25, 0.3) is 0 Å². The van der Waals surface area contributed by atoms with Gasteiger partial charge in [-0.15, -0.1) is 0 Å². The van der Waals surface area contributed by atoms with E-state index < -0.39 is 0 Å². The van der Waals surface area contributed by atoms with E-state index in [-0.39, 0.29) is 5.54 Å². The van der Waals surface area contributed by atoms with E-state index >= 15 is 0 Å². The minimum absolute atomic E-state index is 0.287. The lowest BCUT2D eigenvalue weighted by Gasteiger charge is -2.23. The van der Waals surface area contributed by atoms with Crippen LogP contribution in [0.3, 0.4) is 0 Å². The van der Waals surface area contributed by atoms with Crippen LogP contribution in [0.2, 0.25) is 0 Å². The van der Waals surface area contributed by atoms with Crippen LogP contribution in [0.5, 0.6) is 0 Å². The van der Waals surface area contributed by atoms with E-state index in [9.17, 15) is 0 Å². The molecule has 0 aromatic heterocycles. The Morgan fingerprint density at radius 1 is 1.21 bits per heavy atom. The van der Waals surface area contributed by atoms with Gasteiger partial charge in [0.2, 0.25) is 0 Å². The van der Waals surface area contributed by atoms with Crippen molar-refractivity contribution in [1.82, 2.24) is 0 Å². The van der Waals surface area contributed by atoms with Crippen LogP contribution in [0.4, 0.5) is 5.69 Å².